The van der Waals surface area contributed by atoms with Crippen molar-refractivity contribution in [2.75, 3.05) is 0 Å². The van der Waals surface area contributed by atoms with Crippen molar-refractivity contribution in [1.82, 2.24) is 0 Å². The van der Waals surface area contributed by atoms with E-state index in [9.17, 15) is 4.79 Å². The van der Waals surface area contributed by atoms with Gasteiger partial charge in [0.15, 0.2) is 6.10 Å². The summed E-state index contributed by atoms with van der Waals surface area (Å²) in [4.78, 5) is 12.0. The molecule has 0 bridgehead atoms. The van der Waals surface area contributed by atoms with Crippen LogP contribution in [0.2, 0.25) is 0 Å². The van der Waals surface area contributed by atoms with Gasteiger partial charge in [0.1, 0.15) is 11.5 Å². The molecule has 1 atom stereocenters. The highest BCUT2D eigenvalue weighted by molar-refractivity contribution is 5.77. The summed E-state index contributed by atoms with van der Waals surface area (Å²) in [6.45, 7) is 3.69. The number of carbonyl (C=O) groups excluding carboxylic acids is 1. The van der Waals surface area contributed by atoms with Gasteiger partial charge < -0.3 is 9.47 Å². The molecule has 4 nitrogen and oxygen atoms in total. The minimum absolute atomic E-state index is 0.464. The molecule has 0 aromatic heterocycles. The average molecular weight is 295 g/mol. The van der Waals surface area contributed by atoms with E-state index in [4.69, 9.17) is 14.7 Å². The number of hydrogen-bond donors (Lipinski definition) is 0. The molecule has 0 aliphatic rings. The summed E-state index contributed by atoms with van der Waals surface area (Å²) >= 11 is 0. The summed E-state index contributed by atoms with van der Waals surface area (Å²) in [7, 11) is 0. The molecule has 112 valence electrons. The molecule has 1 unspecified atom stereocenters. The van der Waals surface area contributed by atoms with Crippen molar-refractivity contribution in [2.45, 2.75) is 26.4 Å². The summed E-state index contributed by atoms with van der Waals surface area (Å²) in [5.41, 5.74) is 1.72. The minimum Gasteiger partial charge on any atom is -0.479 e. The number of aryl methyl sites for hydroxylation is 1. The van der Waals surface area contributed by atoms with E-state index in [1.54, 1.807) is 43.3 Å². The highest BCUT2D eigenvalue weighted by Crippen LogP contribution is 2.16. The van der Waals surface area contributed by atoms with Crippen LogP contribution in [-0.4, -0.2) is 12.1 Å². The van der Waals surface area contributed by atoms with Crippen LogP contribution in [0, 0.1) is 11.3 Å². The first kappa shape index (κ1) is 15.6. The third-order valence-electron chi connectivity index (χ3n) is 3.18. The van der Waals surface area contributed by atoms with Gasteiger partial charge >= 0.3 is 5.97 Å². The number of carbonyl (C=O) groups is 1. The molecule has 0 radical (unpaired) electrons. The second kappa shape index (κ2) is 7.28. The quantitative estimate of drug-likeness (QED) is 0.626. The summed E-state index contributed by atoms with van der Waals surface area (Å²) in [6.07, 6.45) is 0.200. The van der Waals surface area contributed by atoms with Crippen LogP contribution in [0.5, 0.6) is 11.5 Å². The van der Waals surface area contributed by atoms with E-state index < -0.39 is 12.1 Å². The summed E-state index contributed by atoms with van der Waals surface area (Å²) in [5.74, 6) is 0.552. The Balaban J connectivity index is 1.94. The van der Waals surface area contributed by atoms with E-state index in [0.717, 1.165) is 6.42 Å². The zero-order valence-electron chi connectivity index (χ0n) is 12.6. The molecule has 2 aromatic carbocycles. The highest BCUT2D eigenvalue weighted by Gasteiger charge is 2.17. The van der Waals surface area contributed by atoms with E-state index in [-0.39, 0.29) is 0 Å². The number of ether oxygens (including phenoxy) is 2. The van der Waals surface area contributed by atoms with Crippen LogP contribution in [-0.2, 0) is 11.2 Å². The zero-order chi connectivity index (χ0) is 15.9. The summed E-state index contributed by atoms with van der Waals surface area (Å²) in [5, 5.41) is 8.74. The molecule has 0 saturated carbocycles. The molecule has 0 amide bonds. The fourth-order valence-electron chi connectivity index (χ4n) is 1.85. The van der Waals surface area contributed by atoms with E-state index in [0.29, 0.717) is 17.1 Å². The number of esters is 1. The van der Waals surface area contributed by atoms with Gasteiger partial charge in [-0.1, -0.05) is 19.1 Å². The fourth-order valence-corrected chi connectivity index (χ4v) is 1.85. The van der Waals surface area contributed by atoms with Gasteiger partial charge in [-0.05, 0) is 55.3 Å². The van der Waals surface area contributed by atoms with Gasteiger partial charge in [0, 0.05) is 0 Å². The maximum Gasteiger partial charge on any atom is 0.352 e. The lowest BCUT2D eigenvalue weighted by Gasteiger charge is -2.14. The van der Waals surface area contributed by atoms with Gasteiger partial charge in [0.2, 0.25) is 0 Å². The molecule has 0 fully saturated rings. The van der Waals surface area contributed by atoms with Crippen molar-refractivity contribution in [3.05, 3.63) is 59.7 Å². The van der Waals surface area contributed by atoms with Crippen molar-refractivity contribution in [3.8, 4) is 17.6 Å². The van der Waals surface area contributed by atoms with Gasteiger partial charge in [-0.2, -0.15) is 5.26 Å². The summed E-state index contributed by atoms with van der Waals surface area (Å²) < 4.78 is 10.8. The molecule has 0 saturated heterocycles. The first-order valence-electron chi connectivity index (χ1n) is 7.10. The topological polar surface area (TPSA) is 59.3 Å². The van der Waals surface area contributed by atoms with Gasteiger partial charge in [0.25, 0.3) is 0 Å². The second-order valence-electron chi connectivity index (χ2n) is 4.81. The molecule has 0 N–H and O–H groups in total. The number of hydrogen-bond acceptors (Lipinski definition) is 4. The van der Waals surface area contributed by atoms with Gasteiger partial charge in [-0.15, -0.1) is 0 Å². The molecule has 22 heavy (non-hydrogen) atoms. The fraction of sp³-hybridized carbons (Fsp3) is 0.222. The minimum atomic E-state index is -0.737. The molecule has 0 heterocycles. The first-order chi connectivity index (χ1) is 10.6. The largest absolute Gasteiger partial charge is 0.479 e. The predicted octanol–water partition coefficient (Wildman–Crippen LogP) is 3.49. The second-order valence-corrected chi connectivity index (χ2v) is 4.81. The Morgan fingerprint density at radius 2 is 1.68 bits per heavy atom. The Morgan fingerprint density at radius 3 is 2.23 bits per heavy atom. The van der Waals surface area contributed by atoms with Crippen molar-refractivity contribution in [3.63, 3.8) is 0 Å². The number of nitriles is 1. The molecule has 0 spiro atoms. The smallest absolute Gasteiger partial charge is 0.352 e. The van der Waals surface area contributed by atoms with Gasteiger partial charge in [-0.25, -0.2) is 4.79 Å². The lowest BCUT2D eigenvalue weighted by atomic mass is 10.2. The standard InChI is InChI=1S/C18H17NO3/c1-3-14-4-8-17(9-5-14)22-18(20)13(2)21-16-10-6-15(12-19)7-11-16/h4-11,13H,3H2,1-2H3. The average Bonchev–Trinajstić information content (AvgIpc) is 2.56. The normalized spacial score (nSPS) is 11.3. The van der Waals surface area contributed by atoms with Crippen molar-refractivity contribution >= 4 is 5.97 Å². The van der Waals surface area contributed by atoms with Crippen molar-refractivity contribution < 1.29 is 14.3 Å². The number of nitrogens with zero attached hydrogens (tertiary/aromatic N) is 1. The maximum absolute atomic E-state index is 12.0. The first-order valence-corrected chi connectivity index (χ1v) is 7.10. The van der Waals surface area contributed by atoms with E-state index >= 15 is 0 Å². The van der Waals surface area contributed by atoms with Crippen LogP contribution in [0.15, 0.2) is 48.5 Å². The molecule has 4 heteroatoms. The molecule has 2 rings (SSSR count). The molecular formula is C18H17NO3. The predicted molar refractivity (Wildman–Crippen MR) is 82.7 cm³/mol. The molecule has 0 aliphatic carbocycles. The van der Waals surface area contributed by atoms with E-state index in [1.807, 2.05) is 18.2 Å². The van der Waals surface area contributed by atoms with E-state index in [1.165, 1.54) is 5.56 Å². The molecule has 0 aliphatic heterocycles. The lowest BCUT2D eigenvalue weighted by molar-refractivity contribution is -0.141. The van der Waals surface area contributed by atoms with Crippen LogP contribution < -0.4 is 9.47 Å². The highest BCUT2D eigenvalue weighted by atomic mass is 16.6. The van der Waals surface area contributed by atoms with Crippen LogP contribution in [0.25, 0.3) is 0 Å². The van der Waals surface area contributed by atoms with Gasteiger partial charge in [0.05, 0.1) is 11.6 Å². The molecular weight excluding hydrogens is 278 g/mol. The Morgan fingerprint density at radius 1 is 1.09 bits per heavy atom. The van der Waals surface area contributed by atoms with Crippen LogP contribution >= 0.6 is 0 Å². The zero-order valence-corrected chi connectivity index (χ0v) is 12.6. The SMILES string of the molecule is CCc1ccc(OC(=O)C(C)Oc2ccc(C#N)cc2)cc1. The molecule has 2 aromatic rings. The lowest BCUT2D eigenvalue weighted by Crippen LogP contribution is -2.28. The van der Waals surface area contributed by atoms with Crippen LogP contribution in [0.4, 0.5) is 0 Å². The monoisotopic (exact) mass is 295 g/mol. The van der Waals surface area contributed by atoms with Crippen molar-refractivity contribution in [2.24, 2.45) is 0 Å². The number of benzene rings is 2. The van der Waals surface area contributed by atoms with Crippen molar-refractivity contribution in [1.29, 1.82) is 5.26 Å². The Bertz CT molecular complexity index is 669. The number of rotatable bonds is 5. The third kappa shape index (κ3) is 4.10. The van der Waals surface area contributed by atoms with E-state index in [2.05, 4.69) is 6.92 Å². The Kier molecular flexibility index (Phi) is 5.16. The van der Waals surface area contributed by atoms with Gasteiger partial charge in [-0.3, -0.25) is 0 Å². The van der Waals surface area contributed by atoms with Crippen LogP contribution in [0.1, 0.15) is 25.0 Å². The third-order valence-corrected chi connectivity index (χ3v) is 3.18. The summed E-state index contributed by atoms with van der Waals surface area (Å²) in [6, 6.07) is 16.0. The maximum atomic E-state index is 12.0. The van der Waals surface area contributed by atoms with Crippen LogP contribution in [0.3, 0.4) is 0 Å². The Hall–Kier alpha value is -2.80. The Labute approximate surface area is 129 Å².